The minimum Gasteiger partial charge on any atom is -0.492 e. The van der Waals surface area contributed by atoms with Crippen molar-refractivity contribution >= 4 is 29.7 Å². The van der Waals surface area contributed by atoms with Crippen LogP contribution < -0.4 is 24.8 Å². The van der Waals surface area contributed by atoms with E-state index in [4.69, 9.17) is 18.9 Å². The van der Waals surface area contributed by atoms with E-state index in [2.05, 4.69) is 11.9 Å². The molecule has 4 N–H and O–H groups in total. The van der Waals surface area contributed by atoms with E-state index in [1.165, 1.54) is 0 Å². The molecule has 1 saturated carbocycles. The number of ether oxygens (including phenoxy) is 4. The van der Waals surface area contributed by atoms with Gasteiger partial charge in [0.1, 0.15) is 29.1 Å². The number of carbonyl (C=O) groups excluding carboxylic acids is 3. The van der Waals surface area contributed by atoms with Crippen molar-refractivity contribution in [2.45, 2.75) is 109 Å². The summed E-state index contributed by atoms with van der Waals surface area (Å²) in [7, 11) is 0. The monoisotopic (exact) mass is 771 g/mol. The van der Waals surface area contributed by atoms with Crippen LogP contribution in [0.5, 0.6) is 17.2 Å². The number of esters is 1. The number of unbranched alkanes of at least 4 members (excludes halogenated alkanes) is 3. The number of ketones is 1. The zero-order chi connectivity index (χ0) is 39.7. The Hall–Kier alpha value is -4.36. The Labute approximate surface area is 326 Å². The molecule has 0 radical (unpaired) electrons. The molecule has 2 bridgehead atoms. The lowest BCUT2D eigenvalue weighted by Crippen LogP contribution is -2.42. The summed E-state index contributed by atoms with van der Waals surface area (Å²) in [6, 6.07) is 4.01. The molecule has 0 amide bonds. The zero-order valence-corrected chi connectivity index (χ0v) is 32.5. The number of Topliss-reactive ketones (excluding diaryl/α,β-unsaturated/α-hetero) is 1. The second-order valence-electron chi connectivity index (χ2n) is 15.9. The van der Waals surface area contributed by atoms with Crippen LogP contribution >= 0.6 is 0 Å². The van der Waals surface area contributed by atoms with Crippen LogP contribution in [0.2, 0.25) is 0 Å². The summed E-state index contributed by atoms with van der Waals surface area (Å²) in [6.07, 6.45) is 7.64. The topological polar surface area (TPSA) is 181 Å². The number of nitrogens with zero attached hydrogens (tertiary/aromatic N) is 1. The van der Waals surface area contributed by atoms with Gasteiger partial charge in [0, 0.05) is 41.9 Å². The number of aliphatic hydroxyl groups excluding tert-OH is 3. The molecule has 56 heavy (non-hydrogen) atoms. The highest BCUT2D eigenvalue weighted by Gasteiger charge is 2.47. The van der Waals surface area contributed by atoms with E-state index in [9.17, 15) is 34.8 Å². The Balaban J connectivity index is 1.50. The molecule has 4 aliphatic heterocycles. The maximum atomic E-state index is 14.3. The highest BCUT2D eigenvalue weighted by molar-refractivity contribution is 6.11. The van der Waals surface area contributed by atoms with Crippen LogP contribution in [-0.2, 0) is 38.6 Å². The highest BCUT2D eigenvalue weighted by atomic mass is 16.6. The summed E-state index contributed by atoms with van der Waals surface area (Å²) in [5, 5.41) is 46.0. The number of aldehydes is 1. The molecule has 1 aliphatic carbocycles. The summed E-state index contributed by atoms with van der Waals surface area (Å²) in [5.41, 5.74) is 2.38. The number of hydrogen-bond donors (Lipinski definition) is 4. The predicted octanol–water partition coefficient (Wildman–Crippen LogP) is 3.47. The van der Waals surface area contributed by atoms with Crippen molar-refractivity contribution in [1.29, 1.82) is 0 Å². The fraction of sp³-hybridized carbons (Fsp3) is 0.545. The van der Waals surface area contributed by atoms with Crippen LogP contribution in [0.25, 0.3) is 11.6 Å². The maximum Gasteiger partial charge on any atom is 0.375 e. The lowest BCUT2D eigenvalue weighted by atomic mass is 9.70. The summed E-state index contributed by atoms with van der Waals surface area (Å²) in [4.78, 5) is 46.0. The van der Waals surface area contributed by atoms with Gasteiger partial charge in [-0.15, -0.1) is 0 Å². The first-order chi connectivity index (χ1) is 27.1. The van der Waals surface area contributed by atoms with Gasteiger partial charge in [0.05, 0.1) is 60.6 Å². The largest absolute Gasteiger partial charge is 0.492 e. The smallest absolute Gasteiger partial charge is 0.375 e. The van der Waals surface area contributed by atoms with Crippen molar-refractivity contribution in [2.24, 2.45) is 16.8 Å². The van der Waals surface area contributed by atoms with E-state index >= 15 is 0 Å². The normalized spacial score (nSPS) is 23.6. The van der Waals surface area contributed by atoms with Crippen molar-refractivity contribution in [3.05, 3.63) is 67.4 Å². The first kappa shape index (κ1) is 39.9. The van der Waals surface area contributed by atoms with Crippen LogP contribution in [-0.4, -0.2) is 83.1 Å². The van der Waals surface area contributed by atoms with Gasteiger partial charge in [-0.1, -0.05) is 44.3 Å². The summed E-state index contributed by atoms with van der Waals surface area (Å²) in [5.74, 6) is -2.69. The van der Waals surface area contributed by atoms with Crippen molar-refractivity contribution < 1.29 is 53.8 Å². The molecule has 2 aromatic rings. The average molecular weight is 772 g/mol. The molecule has 0 aromatic heterocycles. The molecular formula is C44H53NO11. The lowest BCUT2D eigenvalue weighted by Gasteiger charge is -2.34. The number of allylic oxidation sites excluding steroid dienone is 3. The Morgan fingerprint density at radius 1 is 1.05 bits per heavy atom. The molecule has 300 valence electrons. The lowest BCUT2D eigenvalue weighted by molar-refractivity contribution is -0.141. The van der Waals surface area contributed by atoms with Crippen LogP contribution in [0, 0.1) is 11.8 Å². The van der Waals surface area contributed by atoms with Gasteiger partial charge in [0.25, 0.3) is 0 Å². The molecule has 0 saturated heterocycles. The molecule has 4 heterocycles. The minimum atomic E-state index is -1.25. The van der Waals surface area contributed by atoms with Crippen molar-refractivity contribution in [2.75, 3.05) is 33.0 Å². The first-order valence-corrected chi connectivity index (χ1v) is 20.1. The van der Waals surface area contributed by atoms with Gasteiger partial charge in [-0.05, 0) is 74.4 Å². The van der Waals surface area contributed by atoms with Gasteiger partial charge < -0.3 is 39.4 Å². The Morgan fingerprint density at radius 3 is 2.59 bits per heavy atom. The molecule has 12 nitrogen and oxygen atoms in total. The average Bonchev–Trinajstić information content (AvgIpc) is 3.86. The fourth-order valence-electron chi connectivity index (χ4n) is 9.06. The molecular weight excluding hydrogens is 718 g/mol. The summed E-state index contributed by atoms with van der Waals surface area (Å²) < 4.78 is 25.1. The fourth-order valence-corrected chi connectivity index (χ4v) is 9.06. The third kappa shape index (κ3) is 7.21. The maximum absolute atomic E-state index is 14.3. The van der Waals surface area contributed by atoms with Crippen molar-refractivity contribution in [3.63, 3.8) is 0 Å². The van der Waals surface area contributed by atoms with E-state index in [0.29, 0.717) is 54.4 Å². The van der Waals surface area contributed by atoms with Gasteiger partial charge in [0.15, 0.2) is 6.29 Å². The molecule has 0 spiro atoms. The second kappa shape index (κ2) is 16.6. The third-order valence-corrected chi connectivity index (χ3v) is 12.2. The molecule has 7 rings (SSSR count). The van der Waals surface area contributed by atoms with Crippen LogP contribution in [0.15, 0.2) is 34.0 Å². The van der Waals surface area contributed by atoms with E-state index < -0.39 is 42.7 Å². The Kier molecular flexibility index (Phi) is 11.8. The van der Waals surface area contributed by atoms with E-state index in [1.54, 1.807) is 13.8 Å². The van der Waals surface area contributed by atoms with Crippen LogP contribution in [0.3, 0.4) is 0 Å². The highest BCUT2D eigenvalue weighted by Crippen LogP contribution is 2.57. The quantitative estimate of drug-likeness (QED) is 0.141. The number of aryl methyl sites for hydroxylation is 1. The van der Waals surface area contributed by atoms with Gasteiger partial charge in [-0.3, -0.25) is 14.6 Å². The van der Waals surface area contributed by atoms with E-state index in [0.717, 1.165) is 47.4 Å². The van der Waals surface area contributed by atoms with Gasteiger partial charge in [-0.25, -0.2) is 4.79 Å². The number of carbonyl (C=O) groups is 3. The van der Waals surface area contributed by atoms with Gasteiger partial charge in [-0.2, -0.15) is 0 Å². The standard InChI is InChI=1S/C44H53NO11/c1-4-6-7-8-12-44(3,52)35-18-31-39(55-35)33(22-49)41-37-36(32(21-48)42(56-41)43(51)53-5-2)27-14-28(20-47)38(50)30(16-27)29-15-26-11-13-45-34(26)17-25(29)10-9-24(19-46)23-54-40(31)37/h11,15,17,21,24,28,30,35,46-47,49,52H,4-10,12-14,16,18-20,22-23H2,1-3H3/t24-,28-,30-,35+,44+/m1/s1. The van der Waals surface area contributed by atoms with Crippen molar-refractivity contribution in [1.82, 2.24) is 0 Å². The van der Waals surface area contributed by atoms with Gasteiger partial charge >= 0.3 is 5.97 Å². The number of rotatable bonds is 12. The molecule has 1 fully saturated rings. The summed E-state index contributed by atoms with van der Waals surface area (Å²) >= 11 is 0. The summed E-state index contributed by atoms with van der Waals surface area (Å²) in [6.45, 7) is 4.87. The minimum absolute atomic E-state index is 0.00372. The molecule has 0 unspecified atom stereocenters. The van der Waals surface area contributed by atoms with Crippen LogP contribution in [0.4, 0.5) is 0 Å². The van der Waals surface area contributed by atoms with E-state index in [1.807, 2.05) is 18.2 Å². The molecule has 2 aromatic carbocycles. The van der Waals surface area contributed by atoms with Crippen molar-refractivity contribution in [3.8, 4) is 17.2 Å². The predicted molar refractivity (Wildman–Crippen MR) is 206 cm³/mol. The molecule has 12 heteroatoms. The Bertz CT molecular complexity index is 2100. The van der Waals surface area contributed by atoms with Gasteiger partial charge in [0.2, 0.25) is 5.76 Å². The zero-order valence-electron chi connectivity index (χ0n) is 32.5. The SMILES string of the molecule is CCCCCC[C@](C)(O)[C@@H]1Cc2c(c(CO)c3c4c2OC[C@@H](CO)CCc2cc5c(cc2[C@H]2CC(=C4C(C=O)=C(C(=O)OCC)O3)C[C@H](CO)C2=O)=CCN=5)O1. The third-order valence-electron chi connectivity index (χ3n) is 12.2. The number of fused-ring (bicyclic) bond motifs is 7. The Morgan fingerprint density at radius 2 is 1.88 bits per heavy atom. The number of aliphatic hydroxyl groups is 4. The number of benzene rings is 2. The first-order valence-electron chi connectivity index (χ1n) is 20.1. The molecule has 5 atom stereocenters. The van der Waals surface area contributed by atoms with Crippen LogP contribution in [0.1, 0.15) is 106 Å². The number of hydrogen-bond acceptors (Lipinski definition) is 12. The second-order valence-corrected chi connectivity index (χ2v) is 15.9. The van der Waals surface area contributed by atoms with E-state index in [-0.39, 0.29) is 84.9 Å². The molecule has 5 aliphatic rings.